The lowest BCUT2D eigenvalue weighted by Crippen LogP contribution is -2.08. The van der Waals surface area contributed by atoms with Crippen molar-refractivity contribution in [3.8, 4) is 0 Å². The number of anilines is 1. The average Bonchev–Trinajstić information content (AvgIpc) is 2.04. The van der Waals surface area contributed by atoms with E-state index in [0.717, 1.165) is 11.3 Å². The van der Waals surface area contributed by atoms with Crippen molar-refractivity contribution in [3.63, 3.8) is 0 Å². The van der Waals surface area contributed by atoms with Gasteiger partial charge in [0.2, 0.25) is 0 Å². The second kappa shape index (κ2) is 3.68. The molecule has 0 spiro atoms. The summed E-state index contributed by atoms with van der Waals surface area (Å²) in [5.74, 6) is 0. The van der Waals surface area contributed by atoms with Gasteiger partial charge in [0.15, 0.2) is 5.52 Å². The van der Waals surface area contributed by atoms with E-state index in [4.69, 9.17) is 0 Å². The monoisotopic (exact) mass is 181 g/mol. The van der Waals surface area contributed by atoms with Gasteiger partial charge in [0.05, 0.1) is 0 Å². The minimum atomic E-state index is 0.0281. The molecule has 1 atom stereocenters. The van der Waals surface area contributed by atoms with Crippen LogP contribution in [0.2, 0.25) is 0 Å². The first-order chi connectivity index (χ1) is 5.61. The summed E-state index contributed by atoms with van der Waals surface area (Å²) < 4.78 is 0. The van der Waals surface area contributed by atoms with Crippen LogP contribution < -0.4 is 4.90 Å². The Morgan fingerprint density at radius 3 is 2.08 bits per heavy atom. The zero-order chi connectivity index (χ0) is 9.14. The van der Waals surface area contributed by atoms with Crippen LogP contribution in [-0.2, 0) is 0 Å². The van der Waals surface area contributed by atoms with Crippen molar-refractivity contribution < 1.29 is 4.79 Å². The maximum Gasteiger partial charge on any atom is 0.178 e. The molecule has 0 fully saturated rings. The summed E-state index contributed by atoms with van der Waals surface area (Å²) in [6.45, 7) is 0. The van der Waals surface area contributed by atoms with Gasteiger partial charge in [-0.3, -0.25) is 4.79 Å². The fourth-order valence-electron chi connectivity index (χ4n) is 0.924. The number of benzene rings is 1. The number of rotatable bonds is 2. The Bertz CT molecular complexity index is 279. The summed E-state index contributed by atoms with van der Waals surface area (Å²) >= 11 is 0. The molecule has 0 heterocycles. The summed E-state index contributed by atoms with van der Waals surface area (Å²) in [7, 11) is 6.10. The highest BCUT2D eigenvalue weighted by atomic mass is 31.0. The van der Waals surface area contributed by atoms with Gasteiger partial charge in [-0.15, -0.1) is 0 Å². The van der Waals surface area contributed by atoms with Gasteiger partial charge in [-0.05, 0) is 24.3 Å². The molecule has 0 aliphatic carbocycles. The van der Waals surface area contributed by atoms with Gasteiger partial charge < -0.3 is 4.90 Å². The maximum absolute atomic E-state index is 10.9. The molecule has 64 valence electrons. The SMILES string of the molecule is CN(C)c1ccc(C(=O)P)cc1. The molecule has 12 heavy (non-hydrogen) atoms. The summed E-state index contributed by atoms with van der Waals surface area (Å²) in [4.78, 5) is 12.9. The lowest BCUT2D eigenvalue weighted by molar-refractivity contribution is 0.108. The molecule has 3 heteroatoms. The second-order valence-corrected chi connectivity index (χ2v) is 3.33. The quantitative estimate of drug-likeness (QED) is 0.648. The van der Waals surface area contributed by atoms with Gasteiger partial charge in [-0.1, -0.05) is 9.24 Å². The maximum atomic E-state index is 10.9. The number of hydrogen-bond donors (Lipinski definition) is 0. The molecule has 0 saturated carbocycles. The van der Waals surface area contributed by atoms with E-state index in [1.54, 1.807) is 0 Å². The molecule has 1 unspecified atom stereocenters. The van der Waals surface area contributed by atoms with E-state index in [1.165, 1.54) is 0 Å². The molecule has 0 aromatic heterocycles. The minimum absolute atomic E-state index is 0.0281. The van der Waals surface area contributed by atoms with Crippen molar-refractivity contribution in [1.82, 2.24) is 0 Å². The van der Waals surface area contributed by atoms with E-state index in [2.05, 4.69) is 9.24 Å². The molecule has 0 aliphatic rings. The third-order valence-corrected chi connectivity index (χ3v) is 2.00. The molecule has 2 nitrogen and oxygen atoms in total. The Balaban J connectivity index is 2.93. The number of carbonyl (C=O) groups excluding carboxylic acids is 1. The van der Waals surface area contributed by atoms with Crippen LogP contribution >= 0.6 is 9.24 Å². The molecule has 1 aromatic rings. The first kappa shape index (κ1) is 9.21. The third-order valence-electron chi connectivity index (χ3n) is 1.67. The molecule has 1 aromatic carbocycles. The number of nitrogens with zero attached hydrogens (tertiary/aromatic N) is 1. The Morgan fingerprint density at radius 1 is 1.25 bits per heavy atom. The first-order valence-corrected chi connectivity index (χ1v) is 4.26. The minimum Gasteiger partial charge on any atom is -0.378 e. The highest BCUT2D eigenvalue weighted by Gasteiger charge is 1.98. The third kappa shape index (κ3) is 2.05. The van der Waals surface area contributed by atoms with E-state index in [-0.39, 0.29) is 5.52 Å². The van der Waals surface area contributed by atoms with Gasteiger partial charge in [0.1, 0.15) is 0 Å². The largest absolute Gasteiger partial charge is 0.378 e. The van der Waals surface area contributed by atoms with E-state index >= 15 is 0 Å². The summed E-state index contributed by atoms with van der Waals surface area (Å²) in [6, 6.07) is 7.50. The van der Waals surface area contributed by atoms with Crippen LogP contribution in [0.25, 0.3) is 0 Å². The normalized spacial score (nSPS) is 9.58. The van der Waals surface area contributed by atoms with Crippen molar-refractivity contribution in [3.05, 3.63) is 29.8 Å². The first-order valence-electron chi connectivity index (χ1n) is 3.68. The Morgan fingerprint density at radius 2 is 1.75 bits per heavy atom. The fraction of sp³-hybridized carbons (Fsp3) is 0.222. The van der Waals surface area contributed by atoms with Crippen LogP contribution in [0, 0.1) is 0 Å². The van der Waals surface area contributed by atoms with E-state index in [0.29, 0.717) is 0 Å². The summed E-state index contributed by atoms with van der Waals surface area (Å²) in [5, 5.41) is 0. The van der Waals surface area contributed by atoms with Crippen LogP contribution in [-0.4, -0.2) is 19.6 Å². The Hall–Kier alpha value is -0.880. The van der Waals surface area contributed by atoms with E-state index in [1.807, 2.05) is 43.3 Å². The van der Waals surface area contributed by atoms with Crippen LogP contribution in [0.15, 0.2) is 24.3 Å². The van der Waals surface area contributed by atoms with Crippen LogP contribution in [0.4, 0.5) is 5.69 Å². The number of hydrogen-bond acceptors (Lipinski definition) is 2. The van der Waals surface area contributed by atoms with Crippen LogP contribution in [0.1, 0.15) is 10.4 Å². The predicted octanol–water partition coefficient (Wildman–Crippen LogP) is 1.77. The lowest BCUT2D eigenvalue weighted by Gasteiger charge is -2.11. The van der Waals surface area contributed by atoms with Crippen molar-refractivity contribution >= 4 is 20.5 Å². The van der Waals surface area contributed by atoms with Gasteiger partial charge in [0, 0.05) is 25.3 Å². The number of carbonyl (C=O) groups is 1. The van der Waals surface area contributed by atoms with E-state index < -0.39 is 0 Å². The molecule has 0 radical (unpaired) electrons. The van der Waals surface area contributed by atoms with Gasteiger partial charge in [-0.25, -0.2) is 0 Å². The molecule has 0 saturated heterocycles. The second-order valence-electron chi connectivity index (χ2n) is 2.81. The van der Waals surface area contributed by atoms with Crippen molar-refractivity contribution in [2.75, 3.05) is 19.0 Å². The Kier molecular flexibility index (Phi) is 2.83. The van der Waals surface area contributed by atoms with Crippen LogP contribution in [0.5, 0.6) is 0 Å². The topological polar surface area (TPSA) is 20.3 Å². The van der Waals surface area contributed by atoms with Crippen molar-refractivity contribution in [1.29, 1.82) is 0 Å². The van der Waals surface area contributed by atoms with Gasteiger partial charge >= 0.3 is 0 Å². The standard InChI is InChI=1S/C9H12NOP/c1-10(2)8-5-3-7(4-6-8)9(11)12/h3-6H,12H2,1-2H3. The zero-order valence-electron chi connectivity index (χ0n) is 7.24. The summed E-state index contributed by atoms with van der Waals surface area (Å²) in [5.41, 5.74) is 1.86. The molecular formula is C9H12NOP. The smallest absolute Gasteiger partial charge is 0.178 e. The van der Waals surface area contributed by atoms with Gasteiger partial charge in [-0.2, -0.15) is 0 Å². The molecule has 0 aliphatic heterocycles. The molecule has 0 N–H and O–H groups in total. The lowest BCUT2D eigenvalue weighted by atomic mass is 10.2. The predicted molar refractivity (Wildman–Crippen MR) is 54.8 cm³/mol. The highest BCUT2D eigenvalue weighted by Crippen LogP contribution is 2.13. The average molecular weight is 181 g/mol. The van der Waals surface area contributed by atoms with Crippen molar-refractivity contribution in [2.24, 2.45) is 0 Å². The molecule has 0 bridgehead atoms. The molecule has 1 rings (SSSR count). The molecular weight excluding hydrogens is 169 g/mol. The summed E-state index contributed by atoms with van der Waals surface area (Å²) in [6.07, 6.45) is 0. The molecule has 0 amide bonds. The van der Waals surface area contributed by atoms with Gasteiger partial charge in [0.25, 0.3) is 0 Å². The Labute approximate surface area is 74.8 Å². The fourth-order valence-corrected chi connectivity index (χ4v) is 1.12. The van der Waals surface area contributed by atoms with Crippen LogP contribution in [0.3, 0.4) is 0 Å². The van der Waals surface area contributed by atoms with E-state index in [9.17, 15) is 4.79 Å². The zero-order valence-corrected chi connectivity index (χ0v) is 8.40. The van der Waals surface area contributed by atoms with Crippen molar-refractivity contribution in [2.45, 2.75) is 0 Å². The highest BCUT2D eigenvalue weighted by molar-refractivity contribution is 7.41.